The summed E-state index contributed by atoms with van der Waals surface area (Å²) in [5.74, 6) is 0.330. The Morgan fingerprint density at radius 1 is 1.03 bits per heavy atom. The number of carbonyl (C=O) groups excluding carboxylic acids is 1. The number of hydrogen-bond acceptors (Lipinski definition) is 5. The summed E-state index contributed by atoms with van der Waals surface area (Å²) < 4.78 is 28.4. The Bertz CT molecular complexity index is 1020. The second kappa shape index (κ2) is 9.44. The van der Waals surface area contributed by atoms with Crippen LogP contribution < -0.4 is 5.32 Å². The summed E-state index contributed by atoms with van der Waals surface area (Å²) in [6.45, 7) is 2.18. The van der Waals surface area contributed by atoms with Crippen molar-refractivity contribution in [2.45, 2.75) is 75.3 Å². The summed E-state index contributed by atoms with van der Waals surface area (Å²) in [6, 6.07) is 8.16. The highest BCUT2D eigenvalue weighted by Gasteiger charge is 2.37. The SMILES string of the molecule is Cc1ncc(C(=O)NC2CCCCC2)c(C2CCCCN2S(=O)(=O)c2ccccc2)n1. The first-order valence-electron chi connectivity index (χ1n) is 11.2. The summed E-state index contributed by atoms with van der Waals surface area (Å²) in [7, 11) is -3.70. The molecule has 2 heterocycles. The van der Waals surface area contributed by atoms with Crippen molar-refractivity contribution in [2.75, 3.05) is 6.54 Å². The Labute approximate surface area is 184 Å². The Balaban J connectivity index is 1.68. The molecule has 1 saturated heterocycles. The van der Waals surface area contributed by atoms with Crippen LogP contribution in [-0.2, 0) is 10.0 Å². The number of aromatic nitrogens is 2. The number of aryl methyl sites for hydroxylation is 1. The summed E-state index contributed by atoms with van der Waals surface area (Å²) in [5, 5.41) is 3.13. The van der Waals surface area contributed by atoms with E-state index in [0.717, 1.165) is 38.5 Å². The first-order chi connectivity index (χ1) is 15.0. The lowest BCUT2D eigenvalue weighted by atomic mass is 9.94. The molecule has 0 bridgehead atoms. The van der Waals surface area contributed by atoms with Gasteiger partial charge in [-0.1, -0.05) is 43.9 Å². The molecular weight excluding hydrogens is 412 g/mol. The molecule has 1 aromatic carbocycles. The quantitative estimate of drug-likeness (QED) is 0.761. The van der Waals surface area contributed by atoms with Crippen LogP contribution in [0.5, 0.6) is 0 Å². The van der Waals surface area contributed by atoms with Gasteiger partial charge in [0.15, 0.2) is 0 Å². The fourth-order valence-electron chi connectivity index (χ4n) is 4.62. The zero-order valence-electron chi connectivity index (χ0n) is 18.0. The monoisotopic (exact) mass is 442 g/mol. The number of rotatable bonds is 5. The van der Waals surface area contributed by atoms with Crippen LogP contribution in [-0.4, -0.2) is 41.2 Å². The van der Waals surface area contributed by atoms with Crippen molar-refractivity contribution in [3.05, 3.63) is 53.6 Å². The molecule has 0 spiro atoms. The maximum atomic E-state index is 13.4. The van der Waals surface area contributed by atoms with Gasteiger partial charge in [-0.15, -0.1) is 0 Å². The maximum Gasteiger partial charge on any atom is 0.254 e. The number of amides is 1. The molecule has 8 heteroatoms. The Hall–Kier alpha value is -2.32. The molecule has 1 aliphatic heterocycles. The minimum atomic E-state index is -3.70. The largest absolute Gasteiger partial charge is 0.349 e. The van der Waals surface area contributed by atoms with E-state index in [2.05, 4.69) is 15.3 Å². The molecule has 4 rings (SSSR count). The van der Waals surface area contributed by atoms with Gasteiger partial charge in [-0.3, -0.25) is 4.79 Å². The smallest absolute Gasteiger partial charge is 0.254 e. The van der Waals surface area contributed by atoms with Gasteiger partial charge in [-0.05, 0) is 44.7 Å². The lowest BCUT2D eigenvalue weighted by molar-refractivity contribution is 0.0923. The first-order valence-corrected chi connectivity index (χ1v) is 12.6. The Morgan fingerprint density at radius 2 is 1.74 bits per heavy atom. The molecule has 2 aliphatic rings. The van der Waals surface area contributed by atoms with E-state index in [4.69, 9.17) is 0 Å². The number of benzene rings is 1. The fourth-order valence-corrected chi connectivity index (χ4v) is 6.30. The molecule has 1 atom stereocenters. The van der Waals surface area contributed by atoms with Crippen LogP contribution in [0.2, 0.25) is 0 Å². The van der Waals surface area contributed by atoms with Crippen LogP contribution in [0.1, 0.15) is 79.3 Å². The highest BCUT2D eigenvalue weighted by molar-refractivity contribution is 7.89. The van der Waals surface area contributed by atoms with Gasteiger partial charge in [0.2, 0.25) is 10.0 Å². The Kier molecular flexibility index (Phi) is 6.67. The third-order valence-electron chi connectivity index (χ3n) is 6.24. The van der Waals surface area contributed by atoms with Gasteiger partial charge in [-0.2, -0.15) is 4.31 Å². The number of hydrogen-bond donors (Lipinski definition) is 1. The number of sulfonamides is 1. The Morgan fingerprint density at radius 3 is 2.48 bits per heavy atom. The van der Waals surface area contributed by atoms with Crippen LogP contribution in [0.25, 0.3) is 0 Å². The van der Waals surface area contributed by atoms with Crippen LogP contribution in [0, 0.1) is 6.92 Å². The third kappa shape index (κ3) is 4.80. The normalized spacial score (nSPS) is 21.0. The zero-order valence-corrected chi connectivity index (χ0v) is 18.8. The maximum absolute atomic E-state index is 13.4. The molecule has 31 heavy (non-hydrogen) atoms. The average molecular weight is 443 g/mol. The highest BCUT2D eigenvalue weighted by atomic mass is 32.2. The van der Waals surface area contributed by atoms with Gasteiger partial charge < -0.3 is 5.32 Å². The minimum Gasteiger partial charge on any atom is -0.349 e. The van der Waals surface area contributed by atoms with E-state index < -0.39 is 16.1 Å². The minimum absolute atomic E-state index is 0.158. The molecule has 2 fully saturated rings. The summed E-state index contributed by atoms with van der Waals surface area (Å²) in [4.78, 5) is 22.3. The lowest BCUT2D eigenvalue weighted by Gasteiger charge is -2.35. The highest BCUT2D eigenvalue weighted by Crippen LogP contribution is 2.36. The van der Waals surface area contributed by atoms with Gasteiger partial charge in [-0.25, -0.2) is 18.4 Å². The van der Waals surface area contributed by atoms with Crippen LogP contribution in [0.4, 0.5) is 0 Å². The predicted octanol–water partition coefficient (Wildman–Crippen LogP) is 3.76. The first kappa shape index (κ1) is 21.9. The molecule has 166 valence electrons. The van der Waals surface area contributed by atoms with E-state index in [1.165, 1.54) is 10.7 Å². The standard InChI is InChI=1S/C23H30N4O3S/c1-17-24-16-20(23(28)26-18-10-4-2-5-11-18)22(25-17)21-14-8-9-15-27(21)31(29,30)19-12-6-3-7-13-19/h3,6-7,12-13,16,18,21H,2,4-5,8-11,14-15H2,1H3,(H,26,28). The summed E-state index contributed by atoms with van der Waals surface area (Å²) in [6.07, 6.45) is 9.26. The molecule has 1 amide bonds. The predicted molar refractivity (Wildman–Crippen MR) is 118 cm³/mol. The van der Waals surface area contributed by atoms with E-state index in [1.54, 1.807) is 43.5 Å². The van der Waals surface area contributed by atoms with Crippen LogP contribution in [0.3, 0.4) is 0 Å². The van der Waals surface area contributed by atoms with E-state index in [1.807, 2.05) is 0 Å². The van der Waals surface area contributed by atoms with Gasteiger partial charge in [0.1, 0.15) is 5.82 Å². The number of carbonyl (C=O) groups is 1. The molecule has 2 aromatic rings. The van der Waals surface area contributed by atoms with Crippen molar-refractivity contribution in [3.8, 4) is 0 Å². The van der Waals surface area contributed by atoms with E-state index in [0.29, 0.717) is 30.0 Å². The van der Waals surface area contributed by atoms with Crippen molar-refractivity contribution in [2.24, 2.45) is 0 Å². The van der Waals surface area contributed by atoms with Crippen LogP contribution >= 0.6 is 0 Å². The average Bonchev–Trinajstić information content (AvgIpc) is 2.80. The summed E-state index contributed by atoms with van der Waals surface area (Å²) in [5.41, 5.74) is 0.899. The second-order valence-electron chi connectivity index (χ2n) is 8.46. The van der Waals surface area contributed by atoms with Crippen molar-refractivity contribution in [1.29, 1.82) is 0 Å². The molecule has 1 aliphatic carbocycles. The zero-order chi connectivity index (χ0) is 21.8. The lowest BCUT2D eigenvalue weighted by Crippen LogP contribution is -2.41. The van der Waals surface area contributed by atoms with E-state index in [9.17, 15) is 13.2 Å². The van der Waals surface area contributed by atoms with Crippen molar-refractivity contribution in [1.82, 2.24) is 19.6 Å². The number of nitrogens with one attached hydrogen (secondary N) is 1. The molecule has 0 radical (unpaired) electrons. The van der Waals surface area contributed by atoms with Gasteiger partial charge in [0, 0.05) is 18.8 Å². The van der Waals surface area contributed by atoms with Gasteiger partial charge in [0.05, 0.1) is 22.2 Å². The van der Waals surface area contributed by atoms with Crippen LogP contribution in [0.15, 0.2) is 41.4 Å². The van der Waals surface area contributed by atoms with E-state index >= 15 is 0 Å². The van der Waals surface area contributed by atoms with Crippen molar-refractivity contribution in [3.63, 3.8) is 0 Å². The topological polar surface area (TPSA) is 92.3 Å². The molecule has 1 saturated carbocycles. The number of nitrogens with zero attached hydrogens (tertiary/aromatic N) is 3. The third-order valence-corrected chi connectivity index (χ3v) is 8.17. The molecule has 1 N–H and O–H groups in total. The summed E-state index contributed by atoms with van der Waals surface area (Å²) >= 11 is 0. The number of piperidine rings is 1. The van der Waals surface area contributed by atoms with Crippen molar-refractivity contribution >= 4 is 15.9 Å². The van der Waals surface area contributed by atoms with Crippen molar-refractivity contribution < 1.29 is 13.2 Å². The second-order valence-corrected chi connectivity index (χ2v) is 10.4. The van der Waals surface area contributed by atoms with Gasteiger partial charge >= 0.3 is 0 Å². The van der Waals surface area contributed by atoms with E-state index in [-0.39, 0.29) is 16.8 Å². The van der Waals surface area contributed by atoms with Gasteiger partial charge in [0.25, 0.3) is 5.91 Å². The fraction of sp³-hybridized carbons (Fsp3) is 0.522. The molecular formula is C23H30N4O3S. The molecule has 7 nitrogen and oxygen atoms in total. The molecule has 1 unspecified atom stereocenters. The molecule has 1 aromatic heterocycles.